The summed E-state index contributed by atoms with van der Waals surface area (Å²) in [6.07, 6.45) is 7.44. The Bertz CT molecular complexity index is 265. The van der Waals surface area contributed by atoms with Crippen LogP contribution in [0.4, 0.5) is 0 Å². The largest absolute Gasteiger partial charge is 0.466 e. The average Bonchev–Trinajstić information content (AvgIpc) is 2.38. The van der Waals surface area contributed by atoms with Gasteiger partial charge in [0.15, 0.2) is 0 Å². The van der Waals surface area contributed by atoms with E-state index in [1.807, 2.05) is 0 Å². The average molecular weight is 254 g/mol. The summed E-state index contributed by atoms with van der Waals surface area (Å²) in [5, 5.41) is 0. The van der Waals surface area contributed by atoms with E-state index in [4.69, 9.17) is 4.74 Å². The predicted molar refractivity (Wildman–Crippen MR) is 71.2 cm³/mol. The highest BCUT2D eigenvalue weighted by molar-refractivity contribution is 5.83. The number of carbonyl (C=O) groups excluding carboxylic acids is 2. The van der Waals surface area contributed by atoms with Gasteiger partial charge < -0.3 is 4.74 Å². The van der Waals surface area contributed by atoms with Crippen LogP contribution in [0.15, 0.2) is 0 Å². The molecule has 1 saturated carbocycles. The number of hydrogen-bond acceptors (Lipinski definition) is 3. The molecule has 0 spiro atoms. The van der Waals surface area contributed by atoms with Crippen molar-refractivity contribution in [2.75, 3.05) is 6.61 Å². The van der Waals surface area contributed by atoms with E-state index in [0.29, 0.717) is 25.4 Å². The van der Waals surface area contributed by atoms with Gasteiger partial charge in [-0.3, -0.25) is 9.59 Å². The van der Waals surface area contributed by atoms with Gasteiger partial charge in [-0.25, -0.2) is 0 Å². The van der Waals surface area contributed by atoms with Crippen molar-refractivity contribution in [1.29, 1.82) is 0 Å². The van der Waals surface area contributed by atoms with Crippen molar-refractivity contribution in [2.45, 2.75) is 65.2 Å². The van der Waals surface area contributed by atoms with E-state index < -0.39 is 0 Å². The number of ketones is 1. The third kappa shape index (κ3) is 5.65. The van der Waals surface area contributed by atoms with Gasteiger partial charge in [-0.2, -0.15) is 0 Å². The topological polar surface area (TPSA) is 43.4 Å². The lowest BCUT2D eigenvalue weighted by Crippen LogP contribution is -2.17. The van der Waals surface area contributed by atoms with Crippen LogP contribution < -0.4 is 0 Å². The van der Waals surface area contributed by atoms with E-state index in [1.165, 1.54) is 32.1 Å². The van der Waals surface area contributed by atoms with Crippen LogP contribution >= 0.6 is 0 Å². The van der Waals surface area contributed by atoms with Crippen LogP contribution in [0.1, 0.15) is 65.2 Å². The Morgan fingerprint density at radius 1 is 1.00 bits per heavy atom. The summed E-state index contributed by atoms with van der Waals surface area (Å²) in [6, 6.07) is 0. The number of carbonyl (C=O) groups is 2. The van der Waals surface area contributed by atoms with Crippen molar-refractivity contribution in [3.63, 3.8) is 0 Å². The van der Waals surface area contributed by atoms with Crippen LogP contribution in [-0.2, 0) is 14.3 Å². The van der Waals surface area contributed by atoms with Crippen molar-refractivity contribution in [3.05, 3.63) is 0 Å². The van der Waals surface area contributed by atoms with Crippen LogP contribution in [0.3, 0.4) is 0 Å². The minimum atomic E-state index is -0.249. The Balaban J connectivity index is 2.15. The summed E-state index contributed by atoms with van der Waals surface area (Å²) in [4.78, 5) is 22.9. The lowest BCUT2D eigenvalue weighted by atomic mass is 9.78. The van der Waals surface area contributed by atoms with Gasteiger partial charge in [-0.05, 0) is 31.6 Å². The van der Waals surface area contributed by atoms with Crippen molar-refractivity contribution in [1.82, 2.24) is 0 Å². The van der Waals surface area contributed by atoms with Gasteiger partial charge in [-0.15, -0.1) is 0 Å². The second-order valence-electron chi connectivity index (χ2n) is 5.34. The standard InChI is InChI=1S/C15H26O3/c1-3-12-5-7-13(8-6-12)11-14(16)9-10-15(17)18-4-2/h12-13H,3-11H2,1-2H3. The zero-order valence-electron chi connectivity index (χ0n) is 11.7. The normalized spacial score (nSPS) is 23.7. The molecule has 0 unspecified atom stereocenters. The lowest BCUT2D eigenvalue weighted by molar-refractivity contribution is -0.144. The number of hydrogen-bond donors (Lipinski definition) is 0. The lowest BCUT2D eigenvalue weighted by Gasteiger charge is -2.27. The molecule has 0 aromatic rings. The molecule has 0 bridgehead atoms. The second-order valence-corrected chi connectivity index (χ2v) is 5.34. The fraction of sp³-hybridized carbons (Fsp3) is 0.867. The molecule has 3 heteroatoms. The number of Topliss-reactive ketones (excluding diaryl/α,β-unsaturated/α-hetero) is 1. The molecule has 0 N–H and O–H groups in total. The maximum Gasteiger partial charge on any atom is 0.306 e. The molecule has 0 amide bonds. The molecular formula is C15H26O3. The Labute approximate surface area is 110 Å². The highest BCUT2D eigenvalue weighted by Gasteiger charge is 2.22. The molecular weight excluding hydrogens is 228 g/mol. The van der Waals surface area contributed by atoms with Crippen molar-refractivity contribution in [3.8, 4) is 0 Å². The SMILES string of the molecule is CCOC(=O)CCC(=O)CC1CCC(CC)CC1. The molecule has 0 aromatic heterocycles. The molecule has 104 valence electrons. The zero-order chi connectivity index (χ0) is 13.4. The molecule has 0 saturated heterocycles. The molecule has 1 aliphatic carbocycles. The minimum absolute atomic E-state index is 0.225. The first-order chi connectivity index (χ1) is 8.65. The highest BCUT2D eigenvalue weighted by Crippen LogP contribution is 2.32. The van der Waals surface area contributed by atoms with Gasteiger partial charge in [-0.1, -0.05) is 26.2 Å². The van der Waals surface area contributed by atoms with Crippen molar-refractivity contribution >= 4 is 11.8 Å². The Kier molecular flexibility index (Phi) is 6.99. The summed E-state index contributed by atoms with van der Waals surface area (Å²) >= 11 is 0. The van der Waals surface area contributed by atoms with Crippen LogP contribution in [0.2, 0.25) is 0 Å². The molecule has 18 heavy (non-hydrogen) atoms. The predicted octanol–water partition coefficient (Wildman–Crippen LogP) is 3.51. The zero-order valence-corrected chi connectivity index (χ0v) is 11.7. The summed E-state index contributed by atoms with van der Waals surface area (Å²) in [5.74, 6) is 1.40. The van der Waals surface area contributed by atoms with Gasteiger partial charge in [0.25, 0.3) is 0 Å². The molecule has 3 nitrogen and oxygen atoms in total. The fourth-order valence-electron chi connectivity index (χ4n) is 2.74. The molecule has 0 aromatic carbocycles. The number of rotatable bonds is 7. The third-order valence-corrected chi connectivity index (χ3v) is 3.97. The maximum atomic E-state index is 11.8. The second kappa shape index (κ2) is 8.28. The summed E-state index contributed by atoms with van der Waals surface area (Å²) < 4.78 is 4.82. The van der Waals surface area contributed by atoms with E-state index in [9.17, 15) is 9.59 Å². The summed E-state index contributed by atoms with van der Waals surface area (Å²) in [6.45, 7) is 4.43. The number of ether oxygens (including phenoxy) is 1. The molecule has 0 aliphatic heterocycles. The highest BCUT2D eigenvalue weighted by atomic mass is 16.5. The van der Waals surface area contributed by atoms with Crippen LogP contribution in [0.25, 0.3) is 0 Å². The molecule has 1 aliphatic rings. The van der Waals surface area contributed by atoms with Gasteiger partial charge >= 0.3 is 5.97 Å². The quantitative estimate of drug-likeness (QED) is 0.653. The van der Waals surface area contributed by atoms with Crippen LogP contribution in [0, 0.1) is 11.8 Å². The van der Waals surface area contributed by atoms with Gasteiger partial charge in [0.05, 0.1) is 13.0 Å². The molecule has 0 atom stereocenters. The first kappa shape index (κ1) is 15.2. The fourth-order valence-corrected chi connectivity index (χ4v) is 2.74. The van der Waals surface area contributed by atoms with E-state index in [1.54, 1.807) is 6.92 Å². The minimum Gasteiger partial charge on any atom is -0.466 e. The Morgan fingerprint density at radius 3 is 2.17 bits per heavy atom. The van der Waals surface area contributed by atoms with Crippen molar-refractivity contribution < 1.29 is 14.3 Å². The first-order valence-electron chi connectivity index (χ1n) is 7.33. The summed E-state index contributed by atoms with van der Waals surface area (Å²) in [5.41, 5.74) is 0. The number of esters is 1. The Hall–Kier alpha value is -0.860. The van der Waals surface area contributed by atoms with E-state index in [2.05, 4.69) is 6.92 Å². The van der Waals surface area contributed by atoms with Gasteiger partial charge in [0, 0.05) is 12.8 Å². The maximum absolute atomic E-state index is 11.8. The Morgan fingerprint density at radius 2 is 1.61 bits per heavy atom. The van der Waals surface area contributed by atoms with E-state index >= 15 is 0 Å². The van der Waals surface area contributed by atoms with Crippen LogP contribution in [0.5, 0.6) is 0 Å². The van der Waals surface area contributed by atoms with Gasteiger partial charge in [0.1, 0.15) is 5.78 Å². The van der Waals surface area contributed by atoms with Gasteiger partial charge in [0.2, 0.25) is 0 Å². The smallest absolute Gasteiger partial charge is 0.306 e. The molecule has 0 heterocycles. The molecule has 1 fully saturated rings. The molecule has 1 rings (SSSR count). The van der Waals surface area contributed by atoms with E-state index in [-0.39, 0.29) is 18.2 Å². The molecule has 0 radical (unpaired) electrons. The summed E-state index contributed by atoms with van der Waals surface area (Å²) in [7, 11) is 0. The van der Waals surface area contributed by atoms with Crippen LogP contribution in [-0.4, -0.2) is 18.4 Å². The first-order valence-corrected chi connectivity index (χ1v) is 7.33. The monoisotopic (exact) mass is 254 g/mol. The van der Waals surface area contributed by atoms with Crippen molar-refractivity contribution in [2.24, 2.45) is 11.8 Å². The van der Waals surface area contributed by atoms with E-state index in [0.717, 1.165) is 5.92 Å². The third-order valence-electron chi connectivity index (χ3n) is 3.97.